The zero-order valence-corrected chi connectivity index (χ0v) is 11.0. The molecular formula is C13H15NO7. The van der Waals surface area contributed by atoms with Crippen LogP contribution in [0.5, 0.6) is 5.75 Å². The minimum atomic E-state index is -0.825. The van der Waals surface area contributed by atoms with Gasteiger partial charge in [-0.2, -0.15) is 0 Å². The number of rotatable bonds is 3. The SMILES string of the molecule is O=C(Oc1ccc(N(O)O)cc1)O[C@H]1COC2OCCC21. The molecule has 0 radical (unpaired) electrons. The van der Waals surface area contributed by atoms with Gasteiger partial charge in [-0.1, -0.05) is 0 Å². The van der Waals surface area contributed by atoms with E-state index in [2.05, 4.69) is 0 Å². The number of ether oxygens (including phenoxy) is 4. The van der Waals surface area contributed by atoms with Crippen LogP contribution in [-0.2, 0) is 14.2 Å². The van der Waals surface area contributed by atoms with Gasteiger partial charge < -0.3 is 18.9 Å². The summed E-state index contributed by atoms with van der Waals surface area (Å²) in [6, 6.07) is 5.59. The fourth-order valence-corrected chi connectivity index (χ4v) is 2.44. The van der Waals surface area contributed by atoms with Crippen molar-refractivity contribution in [3.63, 3.8) is 0 Å². The Morgan fingerprint density at radius 1 is 1.24 bits per heavy atom. The Hall–Kier alpha value is -1.87. The van der Waals surface area contributed by atoms with Crippen LogP contribution in [0.25, 0.3) is 0 Å². The molecular weight excluding hydrogens is 282 g/mol. The number of benzene rings is 1. The molecule has 0 aromatic heterocycles. The second-order valence-corrected chi connectivity index (χ2v) is 4.82. The first kappa shape index (κ1) is 14.1. The van der Waals surface area contributed by atoms with Gasteiger partial charge >= 0.3 is 6.16 Å². The quantitative estimate of drug-likeness (QED) is 0.492. The first-order valence-electron chi connectivity index (χ1n) is 6.53. The highest BCUT2D eigenvalue weighted by atomic mass is 16.8. The van der Waals surface area contributed by atoms with E-state index >= 15 is 0 Å². The van der Waals surface area contributed by atoms with Gasteiger partial charge in [0.15, 0.2) is 6.29 Å². The lowest BCUT2D eigenvalue weighted by Gasteiger charge is -2.15. The van der Waals surface area contributed by atoms with E-state index in [0.717, 1.165) is 6.42 Å². The van der Waals surface area contributed by atoms with Crippen LogP contribution in [0.3, 0.4) is 0 Å². The molecule has 0 spiro atoms. The van der Waals surface area contributed by atoms with Crippen molar-refractivity contribution in [2.24, 2.45) is 5.92 Å². The van der Waals surface area contributed by atoms with E-state index in [0.29, 0.717) is 13.2 Å². The van der Waals surface area contributed by atoms with Gasteiger partial charge in [0.25, 0.3) is 0 Å². The van der Waals surface area contributed by atoms with Crippen molar-refractivity contribution in [3.05, 3.63) is 24.3 Å². The van der Waals surface area contributed by atoms with Crippen molar-refractivity contribution in [2.45, 2.75) is 18.8 Å². The number of hydrogen-bond acceptors (Lipinski definition) is 8. The molecule has 0 bridgehead atoms. The zero-order chi connectivity index (χ0) is 14.8. The van der Waals surface area contributed by atoms with Crippen LogP contribution in [0.15, 0.2) is 24.3 Å². The molecule has 0 saturated carbocycles. The summed E-state index contributed by atoms with van der Waals surface area (Å²) in [6.45, 7) is 0.901. The summed E-state index contributed by atoms with van der Waals surface area (Å²) in [5, 5.41) is 17.6. The average Bonchev–Trinajstić information content (AvgIpc) is 3.04. The molecule has 1 aromatic rings. The van der Waals surface area contributed by atoms with Crippen molar-refractivity contribution in [1.29, 1.82) is 0 Å². The van der Waals surface area contributed by atoms with Gasteiger partial charge in [-0.25, -0.2) is 4.79 Å². The predicted molar refractivity (Wildman–Crippen MR) is 67.2 cm³/mol. The van der Waals surface area contributed by atoms with Crippen LogP contribution >= 0.6 is 0 Å². The molecule has 2 heterocycles. The largest absolute Gasteiger partial charge is 0.514 e. The maximum atomic E-state index is 11.7. The molecule has 8 nitrogen and oxygen atoms in total. The first-order valence-corrected chi connectivity index (χ1v) is 6.53. The molecule has 1 aromatic carbocycles. The molecule has 2 aliphatic rings. The minimum Gasteiger partial charge on any atom is -0.428 e. The van der Waals surface area contributed by atoms with Crippen LogP contribution in [0.2, 0.25) is 0 Å². The number of fused-ring (bicyclic) bond motifs is 1. The van der Waals surface area contributed by atoms with E-state index < -0.39 is 6.16 Å². The maximum absolute atomic E-state index is 11.7. The lowest BCUT2D eigenvalue weighted by Crippen LogP contribution is -2.27. The van der Waals surface area contributed by atoms with E-state index in [9.17, 15) is 4.79 Å². The van der Waals surface area contributed by atoms with Crippen molar-refractivity contribution in [2.75, 3.05) is 18.4 Å². The fourth-order valence-electron chi connectivity index (χ4n) is 2.44. The molecule has 2 unspecified atom stereocenters. The lowest BCUT2D eigenvalue weighted by molar-refractivity contribution is -0.0907. The third kappa shape index (κ3) is 3.08. The molecule has 3 atom stereocenters. The van der Waals surface area contributed by atoms with E-state index in [-0.39, 0.29) is 35.0 Å². The van der Waals surface area contributed by atoms with E-state index in [4.69, 9.17) is 29.4 Å². The molecule has 0 aliphatic carbocycles. The summed E-state index contributed by atoms with van der Waals surface area (Å²) in [6.07, 6.45) is -0.689. The van der Waals surface area contributed by atoms with Gasteiger partial charge in [-0.15, -0.1) is 5.23 Å². The Balaban J connectivity index is 1.54. The number of carbonyl (C=O) groups is 1. The summed E-state index contributed by atoms with van der Waals surface area (Å²) in [7, 11) is 0. The predicted octanol–water partition coefficient (Wildman–Crippen LogP) is 1.55. The molecule has 2 N–H and O–H groups in total. The normalized spacial score (nSPS) is 27.2. The first-order chi connectivity index (χ1) is 10.1. The van der Waals surface area contributed by atoms with Crippen molar-refractivity contribution in [3.8, 4) is 5.75 Å². The molecule has 21 heavy (non-hydrogen) atoms. The smallest absolute Gasteiger partial charge is 0.428 e. The van der Waals surface area contributed by atoms with E-state index in [1.807, 2.05) is 0 Å². The molecule has 2 aliphatic heterocycles. The Morgan fingerprint density at radius 2 is 2.00 bits per heavy atom. The standard InChI is InChI=1S/C13H15NO7/c15-13(20-9-3-1-8(2-4-9)14(16)17)21-11-7-19-12-10(11)5-6-18-12/h1-4,10-12,16-17H,5-7H2/t10?,11-,12?/m0/s1. The lowest BCUT2D eigenvalue weighted by atomic mass is 10.0. The van der Waals surface area contributed by atoms with Gasteiger partial charge in [0.2, 0.25) is 0 Å². The number of nitrogens with zero attached hydrogens (tertiary/aromatic N) is 1. The van der Waals surface area contributed by atoms with Crippen LogP contribution < -0.4 is 9.96 Å². The minimum absolute atomic E-state index is 0.0296. The van der Waals surface area contributed by atoms with Gasteiger partial charge in [-0.05, 0) is 30.7 Å². The van der Waals surface area contributed by atoms with E-state index in [1.165, 1.54) is 24.3 Å². The highest BCUT2D eigenvalue weighted by Crippen LogP contribution is 2.33. The van der Waals surface area contributed by atoms with Crippen molar-refractivity contribution < 1.29 is 34.2 Å². The maximum Gasteiger partial charge on any atom is 0.514 e. The summed E-state index contributed by atoms with van der Waals surface area (Å²) in [4.78, 5) is 11.7. The monoisotopic (exact) mass is 297 g/mol. The average molecular weight is 297 g/mol. The van der Waals surface area contributed by atoms with Crippen LogP contribution in [-0.4, -0.2) is 42.2 Å². The molecule has 8 heteroatoms. The molecule has 0 amide bonds. The van der Waals surface area contributed by atoms with Gasteiger partial charge in [0.1, 0.15) is 11.9 Å². The second-order valence-electron chi connectivity index (χ2n) is 4.82. The van der Waals surface area contributed by atoms with Crippen LogP contribution in [0, 0.1) is 5.92 Å². The van der Waals surface area contributed by atoms with Crippen LogP contribution in [0.1, 0.15) is 6.42 Å². The summed E-state index contributed by atoms with van der Waals surface area (Å²) < 4.78 is 21.0. The number of anilines is 1. The highest BCUT2D eigenvalue weighted by molar-refractivity contribution is 5.64. The van der Waals surface area contributed by atoms with Crippen molar-refractivity contribution in [1.82, 2.24) is 0 Å². The third-order valence-corrected chi connectivity index (χ3v) is 3.50. The second kappa shape index (κ2) is 5.86. The molecule has 3 rings (SSSR count). The molecule has 2 saturated heterocycles. The molecule has 2 fully saturated rings. The summed E-state index contributed by atoms with van der Waals surface area (Å²) in [5.41, 5.74) is 0.144. The Labute approximate surface area is 120 Å². The third-order valence-electron chi connectivity index (χ3n) is 3.50. The summed E-state index contributed by atoms with van der Waals surface area (Å²) >= 11 is 0. The Morgan fingerprint density at radius 3 is 2.71 bits per heavy atom. The van der Waals surface area contributed by atoms with Gasteiger partial charge in [0, 0.05) is 0 Å². The van der Waals surface area contributed by atoms with Crippen molar-refractivity contribution >= 4 is 11.8 Å². The number of hydrogen-bond donors (Lipinski definition) is 2. The fraction of sp³-hybridized carbons (Fsp3) is 0.462. The number of carbonyl (C=O) groups excluding carboxylic acids is 1. The van der Waals surface area contributed by atoms with Gasteiger partial charge in [-0.3, -0.25) is 10.4 Å². The van der Waals surface area contributed by atoms with E-state index in [1.54, 1.807) is 0 Å². The highest BCUT2D eigenvalue weighted by Gasteiger charge is 2.44. The Kier molecular flexibility index (Phi) is 3.93. The van der Waals surface area contributed by atoms with Crippen LogP contribution in [0.4, 0.5) is 10.5 Å². The summed E-state index contributed by atoms with van der Waals surface area (Å²) in [5.74, 6) is 0.293. The topological polar surface area (TPSA) is 97.7 Å². The Bertz CT molecular complexity index is 504. The van der Waals surface area contributed by atoms with Gasteiger partial charge in [0.05, 0.1) is 24.8 Å². The molecule has 114 valence electrons. The zero-order valence-electron chi connectivity index (χ0n) is 11.0.